The van der Waals surface area contributed by atoms with Crippen LogP contribution >= 0.6 is 23.2 Å². The molecule has 0 spiro atoms. The average Bonchev–Trinajstić information content (AvgIpc) is 3.21. The van der Waals surface area contributed by atoms with Crippen molar-refractivity contribution in [1.82, 2.24) is 9.29 Å². The number of carbonyl (C=O) groups excluding carboxylic acids is 1. The van der Waals surface area contributed by atoms with Crippen LogP contribution in [0.4, 0.5) is 10.5 Å². The fourth-order valence-corrected chi connectivity index (χ4v) is 5.05. The van der Waals surface area contributed by atoms with Crippen molar-refractivity contribution in [3.63, 3.8) is 0 Å². The molecule has 0 atom stereocenters. The van der Waals surface area contributed by atoms with E-state index in [1.807, 2.05) is 25.1 Å². The number of halogens is 2. The molecule has 0 aliphatic heterocycles. The van der Waals surface area contributed by atoms with Crippen molar-refractivity contribution in [3.05, 3.63) is 94.1 Å². The Morgan fingerprint density at radius 2 is 1.70 bits per heavy atom. The van der Waals surface area contributed by atoms with Gasteiger partial charge in [0.05, 0.1) is 20.5 Å². The monoisotopic (exact) mass is 501 g/mol. The van der Waals surface area contributed by atoms with Crippen LogP contribution in [0.25, 0.3) is 10.9 Å². The van der Waals surface area contributed by atoms with Crippen molar-refractivity contribution in [2.75, 3.05) is 11.9 Å². The number of hydrogen-bond donors (Lipinski definition) is 2. The van der Waals surface area contributed by atoms with Crippen molar-refractivity contribution in [2.45, 2.75) is 18.2 Å². The van der Waals surface area contributed by atoms with Gasteiger partial charge in [0.1, 0.15) is 0 Å². The number of anilines is 1. The zero-order chi connectivity index (χ0) is 23.6. The van der Waals surface area contributed by atoms with E-state index in [2.05, 4.69) is 10.6 Å². The summed E-state index contributed by atoms with van der Waals surface area (Å²) in [6.07, 6.45) is 2.09. The molecule has 4 aromatic rings. The van der Waals surface area contributed by atoms with E-state index in [0.717, 1.165) is 16.5 Å². The number of amides is 2. The normalized spacial score (nSPS) is 11.5. The van der Waals surface area contributed by atoms with E-state index < -0.39 is 10.0 Å². The average molecular weight is 502 g/mol. The van der Waals surface area contributed by atoms with Crippen LogP contribution in [0, 0.1) is 6.92 Å². The summed E-state index contributed by atoms with van der Waals surface area (Å²) < 4.78 is 27.6. The summed E-state index contributed by atoms with van der Waals surface area (Å²) in [4.78, 5) is 12.4. The Hall–Kier alpha value is -3.00. The highest BCUT2D eigenvalue weighted by Crippen LogP contribution is 2.25. The molecular weight excluding hydrogens is 481 g/mol. The Morgan fingerprint density at radius 1 is 0.939 bits per heavy atom. The minimum absolute atomic E-state index is 0.233. The topological polar surface area (TPSA) is 80.2 Å². The molecule has 0 saturated heterocycles. The fourth-order valence-electron chi connectivity index (χ4n) is 3.41. The highest BCUT2D eigenvalue weighted by Gasteiger charge is 2.19. The van der Waals surface area contributed by atoms with Crippen LogP contribution in [0.3, 0.4) is 0 Å². The van der Waals surface area contributed by atoms with Gasteiger partial charge in [0.25, 0.3) is 10.0 Å². The van der Waals surface area contributed by atoms with E-state index in [9.17, 15) is 13.2 Å². The maximum Gasteiger partial charge on any atom is 0.319 e. The van der Waals surface area contributed by atoms with Gasteiger partial charge in [-0.1, -0.05) is 53.0 Å². The second-order valence-corrected chi connectivity index (χ2v) is 10.2. The van der Waals surface area contributed by atoms with Gasteiger partial charge in [-0.3, -0.25) is 0 Å². The van der Waals surface area contributed by atoms with E-state index in [4.69, 9.17) is 23.2 Å². The Morgan fingerprint density at radius 3 is 2.42 bits per heavy atom. The number of aryl methyl sites for hydroxylation is 1. The molecule has 4 rings (SSSR count). The number of hydrogen-bond acceptors (Lipinski definition) is 3. The largest absolute Gasteiger partial charge is 0.338 e. The maximum absolute atomic E-state index is 13.1. The smallest absolute Gasteiger partial charge is 0.319 e. The summed E-state index contributed by atoms with van der Waals surface area (Å²) in [6.45, 7) is 2.27. The standard InChI is InChI=1S/C24H21Cl2N3O3S/c1-16-2-7-20(8-3-16)33(31,32)29-13-11-18-5-4-17(14-23(18)29)10-12-27-24(30)28-19-6-9-21(25)22(26)15-19/h2-9,11,13-15H,10,12H2,1H3,(H2,27,28,30). The summed E-state index contributed by atoms with van der Waals surface area (Å²) in [6, 6.07) is 18.6. The van der Waals surface area contributed by atoms with Crippen molar-refractivity contribution in [3.8, 4) is 0 Å². The van der Waals surface area contributed by atoms with Gasteiger partial charge in [-0.15, -0.1) is 0 Å². The van der Waals surface area contributed by atoms with Gasteiger partial charge < -0.3 is 10.6 Å². The van der Waals surface area contributed by atoms with Gasteiger partial charge in [-0.25, -0.2) is 17.2 Å². The molecule has 9 heteroatoms. The van der Waals surface area contributed by atoms with Gasteiger partial charge in [0.2, 0.25) is 0 Å². The minimum atomic E-state index is -3.71. The maximum atomic E-state index is 13.1. The third-order valence-electron chi connectivity index (χ3n) is 5.18. The predicted octanol–water partition coefficient (Wildman–Crippen LogP) is 5.86. The van der Waals surface area contributed by atoms with E-state index in [0.29, 0.717) is 34.2 Å². The molecule has 0 saturated carbocycles. The molecule has 0 aliphatic rings. The molecule has 3 aromatic carbocycles. The zero-order valence-corrected chi connectivity index (χ0v) is 20.0. The molecule has 0 radical (unpaired) electrons. The number of nitrogens with zero attached hydrogens (tertiary/aromatic N) is 1. The first-order valence-corrected chi connectivity index (χ1v) is 12.4. The summed E-state index contributed by atoms with van der Waals surface area (Å²) >= 11 is 11.8. The molecule has 0 unspecified atom stereocenters. The quantitative estimate of drug-likeness (QED) is 0.347. The van der Waals surface area contributed by atoms with E-state index in [-0.39, 0.29) is 10.9 Å². The van der Waals surface area contributed by atoms with Crippen LogP contribution in [0.5, 0.6) is 0 Å². The second-order valence-electron chi connectivity index (χ2n) is 7.58. The molecule has 0 bridgehead atoms. The number of aromatic nitrogens is 1. The highest BCUT2D eigenvalue weighted by atomic mass is 35.5. The number of carbonyl (C=O) groups is 1. The molecule has 2 N–H and O–H groups in total. The number of nitrogens with one attached hydrogen (secondary N) is 2. The summed E-state index contributed by atoms with van der Waals surface area (Å²) in [7, 11) is -3.71. The molecule has 6 nitrogen and oxygen atoms in total. The lowest BCUT2D eigenvalue weighted by Gasteiger charge is -2.10. The Kier molecular flexibility index (Phi) is 6.65. The second kappa shape index (κ2) is 9.47. The highest BCUT2D eigenvalue weighted by molar-refractivity contribution is 7.90. The van der Waals surface area contributed by atoms with Crippen LogP contribution < -0.4 is 10.6 Å². The number of fused-ring (bicyclic) bond motifs is 1. The zero-order valence-electron chi connectivity index (χ0n) is 17.7. The number of rotatable bonds is 6. The van der Waals surface area contributed by atoms with Gasteiger partial charge in [0, 0.05) is 23.8 Å². The fraction of sp³-hybridized carbons (Fsp3) is 0.125. The van der Waals surface area contributed by atoms with Crippen molar-refractivity contribution in [2.24, 2.45) is 0 Å². The van der Waals surface area contributed by atoms with Crippen molar-refractivity contribution >= 4 is 55.8 Å². The molecule has 2 amide bonds. The number of urea groups is 1. The molecule has 1 heterocycles. The number of benzene rings is 3. The van der Waals surface area contributed by atoms with Crippen LogP contribution in [0.1, 0.15) is 11.1 Å². The van der Waals surface area contributed by atoms with Gasteiger partial charge in [-0.05, 0) is 61.4 Å². The molecule has 0 aliphatic carbocycles. The van der Waals surface area contributed by atoms with Gasteiger partial charge >= 0.3 is 6.03 Å². The Labute approximate surface area is 202 Å². The van der Waals surface area contributed by atoms with Crippen LogP contribution in [-0.2, 0) is 16.4 Å². The molecule has 0 fully saturated rings. The Balaban J connectivity index is 1.45. The summed E-state index contributed by atoms with van der Waals surface area (Å²) in [5.41, 5.74) is 3.01. The van der Waals surface area contributed by atoms with E-state index in [1.165, 1.54) is 3.97 Å². The van der Waals surface area contributed by atoms with Crippen molar-refractivity contribution in [1.29, 1.82) is 0 Å². The molecule has 170 valence electrons. The molecule has 33 heavy (non-hydrogen) atoms. The molecule has 1 aromatic heterocycles. The minimum Gasteiger partial charge on any atom is -0.338 e. The molecular formula is C24H21Cl2N3O3S. The lowest BCUT2D eigenvalue weighted by Crippen LogP contribution is -2.30. The van der Waals surface area contributed by atoms with Crippen LogP contribution in [0.2, 0.25) is 10.0 Å². The van der Waals surface area contributed by atoms with E-state index >= 15 is 0 Å². The lowest BCUT2D eigenvalue weighted by atomic mass is 10.1. The van der Waals surface area contributed by atoms with Crippen LogP contribution in [-0.4, -0.2) is 25.0 Å². The third-order valence-corrected chi connectivity index (χ3v) is 7.62. The first kappa shape index (κ1) is 23.2. The first-order valence-electron chi connectivity index (χ1n) is 10.2. The summed E-state index contributed by atoms with van der Waals surface area (Å²) in [5.74, 6) is 0. The van der Waals surface area contributed by atoms with E-state index in [1.54, 1.807) is 54.7 Å². The predicted molar refractivity (Wildman–Crippen MR) is 133 cm³/mol. The SMILES string of the molecule is Cc1ccc(S(=O)(=O)n2ccc3ccc(CCNC(=O)Nc4ccc(Cl)c(Cl)c4)cc32)cc1. The summed E-state index contributed by atoms with van der Waals surface area (Å²) in [5, 5.41) is 7.06. The first-order chi connectivity index (χ1) is 15.7. The lowest BCUT2D eigenvalue weighted by molar-refractivity contribution is 0.252. The third kappa shape index (κ3) is 5.16. The Bertz CT molecular complexity index is 1430. The van der Waals surface area contributed by atoms with Crippen molar-refractivity contribution < 1.29 is 13.2 Å². The van der Waals surface area contributed by atoms with Gasteiger partial charge in [0.15, 0.2) is 0 Å². The van der Waals surface area contributed by atoms with Crippen LogP contribution in [0.15, 0.2) is 77.8 Å². The van der Waals surface area contributed by atoms with Gasteiger partial charge in [-0.2, -0.15) is 0 Å².